The molecule has 1 saturated heterocycles. The van der Waals surface area contributed by atoms with Crippen LogP contribution in [-0.4, -0.2) is 36.0 Å². The van der Waals surface area contributed by atoms with Crippen LogP contribution in [0.1, 0.15) is 49.8 Å². The molecule has 0 radical (unpaired) electrons. The Labute approximate surface area is 148 Å². The van der Waals surface area contributed by atoms with Crippen LogP contribution in [0.4, 0.5) is 9.18 Å². The molecule has 0 aromatic heterocycles. The molecule has 1 aromatic carbocycles. The summed E-state index contributed by atoms with van der Waals surface area (Å²) < 4.78 is 13.7. The molecule has 5 nitrogen and oxygen atoms in total. The summed E-state index contributed by atoms with van der Waals surface area (Å²) in [5, 5.41) is 5.76. The summed E-state index contributed by atoms with van der Waals surface area (Å²) in [5.41, 5.74) is 1.35. The first kappa shape index (κ1) is 17.7. The number of nitrogens with one attached hydrogen (secondary N) is 2. The number of halogens is 1. The third-order valence-corrected chi connectivity index (χ3v) is 5.09. The molecule has 1 saturated carbocycles. The Morgan fingerprint density at radius 1 is 1.40 bits per heavy atom. The van der Waals surface area contributed by atoms with Crippen molar-refractivity contribution in [1.82, 2.24) is 15.5 Å². The van der Waals surface area contributed by atoms with E-state index in [1.807, 2.05) is 17.9 Å². The highest BCUT2D eigenvalue weighted by Gasteiger charge is 2.39. The Morgan fingerprint density at radius 3 is 2.80 bits per heavy atom. The molecule has 2 N–H and O–H groups in total. The highest BCUT2D eigenvalue weighted by molar-refractivity contribution is 5.79. The number of urea groups is 1. The SMILES string of the molecule is CC[C@H](NC(=O)NC[C@@H]1CC(=O)N(C2CC2)C1)c1ccc(C)c(F)c1. The number of hydrogen-bond donors (Lipinski definition) is 2. The minimum Gasteiger partial charge on any atom is -0.339 e. The van der Waals surface area contributed by atoms with Gasteiger partial charge in [0.05, 0.1) is 6.04 Å². The summed E-state index contributed by atoms with van der Waals surface area (Å²) in [5.74, 6) is 0.120. The molecule has 136 valence electrons. The maximum Gasteiger partial charge on any atom is 0.315 e. The van der Waals surface area contributed by atoms with E-state index in [4.69, 9.17) is 0 Å². The third kappa shape index (κ3) is 4.30. The number of hydrogen-bond acceptors (Lipinski definition) is 2. The molecular weight excluding hydrogens is 321 g/mol. The van der Waals surface area contributed by atoms with Gasteiger partial charge < -0.3 is 15.5 Å². The van der Waals surface area contributed by atoms with Gasteiger partial charge in [-0.05, 0) is 43.4 Å². The zero-order chi connectivity index (χ0) is 18.0. The van der Waals surface area contributed by atoms with Crippen molar-refractivity contribution >= 4 is 11.9 Å². The van der Waals surface area contributed by atoms with Gasteiger partial charge in [0, 0.05) is 31.5 Å². The van der Waals surface area contributed by atoms with Crippen LogP contribution in [0.15, 0.2) is 18.2 Å². The van der Waals surface area contributed by atoms with Gasteiger partial charge in [0.25, 0.3) is 0 Å². The number of carbonyl (C=O) groups is 2. The summed E-state index contributed by atoms with van der Waals surface area (Å²) in [6, 6.07) is 4.98. The molecule has 0 bridgehead atoms. The minimum absolute atomic E-state index is 0.177. The highest BCUT2D eigenvalue weighted by Crippen LogP contribution is 2.32. The van der Waals surface area contributed by atoms with Crippen LogP contribution >= 0.6 is 0 Å². The molecule has 25 heavy (non-hydrogen) atoms. The van der Waals surface area contributed by atoms with Crippen LogP contribution in [0, 0.1) is 18.7 Å². The van der Waals surface area contributed by atoms with Crippen molar-refractivity contribution in [1.29, 1.82) is 0 Å². The molecule has 6 heteroatoms. The monoisotopic (exact) mass is 347 g/mol. The molecule has 1 heterocycles. The fraction of sp³-hybridized carbons (Fsp3) is 0.579. The first-order valence-corrected chi connectivity index (χ1v) is 9.07. The molecular formula is C19H26FN3O2. The van der Waals surface area contributed by atoms with E-state index in [-0.39, 0.29) is 29.7 Å². The lowest BCUT2D eigenvalue weighted by molar-refractivity contribution is -0.128. The predicted molar refractivity (Wildman–Crippen MR) is 93.5 cm³/mol. The summed E-state index contributed by atoms with van der Waals surface area (Å²) in [4.78, 5) is 26.1. The van der Waals surface area contributed by atoms with Gasteiger partial charge >= 0.3 is 6.03 Å². The largest absolute Gasteiger partial charge is 0.339 e. The summed E-state index contributed by atoms with van der Waals surface area (Å²) in [6.45, 7) is 4.89. The molecule has 2 aliphatic rings. The van der Waals surface area contributed by atoms with E-state index in [1.54, 1.807) is 13.0 Å². The number of likely N-dealkylation sites (tertiary alicyclic amines) is 1. The molecule has 3 rings (SSSR count). The second-order valence-corrected chi connectivity index (χ2v) is 7.17. The van der Waals surface area contributed by atoms with Gasteiger partial charge in [-0.3, -0.25) is 4.79 Å². The van der Waals surface area contributed by atoms with E-state index >= 15 is 0 Å². The van der Waals surface area contributed by atoms with Crippen molar-refractivity contribution in [3.05, 3.63) is 35.1 Å². The van der Waals surface area contributed by atoms with E-state index < -0.39 is 0 Å². The van der Waals surface area contributed by atoms with Crippen LogP contribution in [0.5, 0.6) is 0 Å². The second kappa shape index (κ2) is 7.42. The Kier molecular flexibility index (Phi) is 5.25. The fourth-order valence-electron chi connectivity index (χ4n) is 3.38. The first-order chi connectivity index (χ1) is 12.0. The smallest absolute Gasteiger partial charge is 0.315 e. The van der Waals surface area contributed by atoms with Crippen molar-refractivity contribution in [2.45, 2.75) is 51.6 Å². The summed E-state index contributed by atoms with van der Waals surface area (Å²) in [7, 11) is 0. The number of benzene rings is 1. The highest BCUT2D eigenvalue weighted by atomic mass is 19.1. The van der Waals surface area contributed by atoms with Crippen LogP contribution < -0.4 is 10.6 Å². The summed E-state index contributed by atoms with van der Waals surface area (Å²) in [6.07, 6.45) is 3.40. The molecule has 0 unspecified atom stereocenters. The quantitative estimate of drug-likeness (QED) is 0.831. The zero-order valence-corrected chi connectivity index (χ0v) is 14.8. The van der Waals surface area contributed by atoms with Crippen LogP contribution in [-0.2, 0) is 4.79 Å². The Bertz CT molecular complexity index is 660. The van der Waals surface area contributed by atoms with Gasteiger partial charge in [-0.15, -0.1) is 0 Å². The van der Waals surface area contributed by atoms with Crippen LogP contribution in [0.25, 0.3) is 0 Å². The molecule has 2 fully saturated rings. The topological polar surface area (TPSA) is 61.4 Å². The lowest BCUT2D eigenvalue weighted by Crippen LogP contribution is -2.40. The first-order valence-electron chi connectivity index (χ1n) is 9.07. The number of nitrogens with zero attached hydrogens (tertiary/aromatic N) is 1. The standard InChI is InChI=1S/C19H26FN3O2/c1-3-17(14-5-4-12(2)16(20)9-14)22-19(25)21-10-13-8-18(24)23(11-13)15-6-7-15/h4-5,9,13,15,17H,3,6-8,10-11H2,1-2H3,(H2,21,22,25)/t13-,17-/m0/s1. The van der Waals surface area contributed by atoms with Gasteiger partial charge in [0.2, 0.25) is 5.91 Å². The predicted octanol–water partition coefficient (Wildman–Crippen LogP) is 2.90. The fourth-order valence-corrected chi connectivity index (χ4v) is 3.38. The second-order valence-electron chi connectivity index (χ2n) is 7.17. The normalized spacial score (nSPS) is 21.3. The molecule has 0 spiro atoms. The molecule has 3 amide bonds. The van der Waals surface area contributed by atoms with Gasteiger partial charge in [-0.1, -0.05) is 19.1 Å². The average molecular weight is 347 g/mol. The van der Waals surface area contributed by atoms with E-state index in [0.29, 0.717) is 31.0 Å². The van der Waals surface area contributed by atoms with E-state index in [0.717, 1.165) is 24.9 Å². The van der Waals surface area contributed by atoms with E-state index in [9.17, 15) is 14.0 Å². The van der Waals surface area contributed by atoms with E-state index in [2.05, 4.69) is 10.6 Å². The molecule has 1 aliphatic carbocycles. The average Bonchev–Trinajstić information content (AvgIpc) is 3.36. The maximum absolute atomic E-state index is 13.7. The van der Waals surface area contributed by atoms with Gasteiger partial charge in [-0.2, -0.15) is 0 Å². The minimum atomic E-state index is -0.273. The maximum atomic E-state index is 13.7. The van der Waals surface area contributed by atoms with Crippen LogP contribution in [0.3, 0.4) is 0 Å². The number of carbonyl (C=O) groups excluding carboxylic acids is 2. The Hall–Kier alpha value is -2.11. The van der Waals surface area contributed by atoms with Gasteiger partial charge in [0.15, 0.2) is 0 Å². The van der Waals surface area contributed by atoms with Crippen molar-refractivity contribution in [3.63, 3.8) is 0 Å². The van der Waals surface area contributed by atoms with Crippen molar-refractivity contribution in [2.24, 2.45) is 5.92 Å². The number of rotatable bonds is 6. The molecule has 2 atom stereocenters. The lowest BCUT2D eigenvalue weighted by atomic mass is 10.0. The number of aryl methyl sites for hydroxylation is 1. The van der Waals surface area contributed by atoms with E-state index in [1.165, 1.54) is 6.07 Å². The lowest BCUT2D eigenvalue weighted by Gasteiger charge is -2.20. The third-order valence-electron chi connectivity index (χ3n) is 5.09. The number of amides is 3. The summed E-state index contributed by atoms with van der Waals surface area (Å²) >= 11 is 0. The molecule has 1 aliphatic heterocycles. The zero-order valence-electron chi connectivity index (χ0n) is 14.8. The van der Waals surface area contributed by atoms with Crippen molar-refractivity contribution in [3.8, 4) is 0 Å². The van der Waals surface area contributed by atoms with Crippen molar-refractivity contribution < 1.29 is 14.0 Å². The van der Waals surface area contributed by atoms with Gasteiger partial charge in [0.1, 0.15) is 5.82 Å². The van der Waals surface area contributed by atoms with Gasteiger partial charge in [-0.25, -0.2) is 9.18 Å². The molecule has 1 aromatic rings. The Balaban J connectivity index is 1.49. The van der Waals surface area contributed by atoms with Crippen molar-refractivity contribution in [2.75, 3.05) is 13.1 Å². The van der Waals surface area contributed by atoms with Crippen LogP contribution in [0.2, 0.25) is 0 Å². The Morgan fingerprint density at radius 2 is 2.16 bits per heavy atom.